The highest BCUT2D eigenvalue weighted by atomic mass is 32.2. The molecular weight excluding hydrogens is 324 g/mol. The molecule has 0 aliphatic carbocycles. The first-order valence-electron chi connectivity index (χ1n) is 8.12. The molecule has 1 fully saturated rings. The quantitative estimate of drug-likeness (QED) is 0.849. The van der Waals surface area contributed by atoms with Gasteiger partial charge < -0.3 is 4.90 Å². The molecule has 3 rings (SSSR count). The van der Waals surface area contributed by atoms with Gasteiger partial charge in [0.1, 0.15) is 4.90 Å². The number of aryl methyl sites for hydroxylation is 3. The summed E-state index contributed by atoms with van der Waals surface area (Å²) in [6, 6.07) is 8.32. The van der Waals surface area contributed by atoms with Crippen LogP contribution in [0.3, 0.4) is 0 Å². The maximum atomic E-state index is 13.0. The second-order valence-electron chi connectivity index (χ2n) is 6.35. The van der Waals surface area contributed by atoms with Gasteiger partial charge >= 0.3 is 0 Å². The van der Waals surface area contributed by atoms with E-state index in [1.807, 2.05) is 6.07 Å². The standard InChI is InChI=1S/C17H24N4O2S/c1-13-6-5-7-16(12-13)20-8-10-21(11-9-20)24(22,23)17-14(2)18-19(4)15(17)3/h5-7,12H,8-11H2,1-4H3. The molecule has 0 saturated carbocycles. The first kappa shape index (κ1) is 17.0. The van der Waals surface area contributed by atoms with Crippen LogP contribution in [0.5, 0.6) is 0 Å². The zero-order valence-corrected chi connectivity index (χ0v) is 15.5. The van der Waals surface area contributed by atoms with E-state index >= 15 is 0 Å². The molecule has 0 radical (unpaired) electrons. The predicted molar refractivity (Wildman–Crippen MR) is 94.8 cm³/mol. The van der Waals surface area contributed by atoms with Crippen molar-refractivity contribution >= 4 is 15.7 Å². The van der Waals surface area contributed by atoms with E-state index in [0.29, 0.717) is 42.5 Å². The van der Waals surface area contributed by atoms with Crippen LogP contribution in [-0.2, 0) is 17.1 Å². The van der Waals surface area contributed by atoms with Crippen molar-refractivity contribution in [2.75, 3.05) is 31.1 Å². The second kappa shape index (κ2) is 6.22. The van der Waals surface area contributed by atoms with Gasteiger partial charge in [0.15, 0.2) is 0 Å². The van der Waals surface area contributed by atoms with Crippen molar-refractivity contribution in [2.24, 2.45) is 7.05 Å². The third-order valence-electron chi connectivity index (χ3n) is 4.65. The molecule has 2 aromatic rings. The van der Waals surface area contributed by atoms with Crippen molar-refractivity contribution in [3.05, 3.63) is 41.2 Å². The minimum absolute atomic E-state index is 0.356. The minimum Gasteiger partial charge on any atom is -0.369 e. The Morgan fingerprint density at radius 1 is 1.04 bits per heavy atom. The van der Waals surface area contributed by atoms with E-state index in [4.69, 9.17) is 0 Å². The first-order valence-corrected chi connectivity index (χ1v) is 9.56. The van der Waals surface area contributed by atoms with Gasteiger partial charge in [0, 0.05) is 38.9 Å². The Labute approximate surface area is 143 Å². The van der Waals surface area contributed by atoms with Gasteiger partial charge in [0.2, 0.25) is 10.0 Å². The van der Waals surface area contributed by atoms with E-state index in [2.05, 4.69) is 35.1 Å². The van der Waals surface area contributed by atoms with Gasteiger partial charge in [-0.15, -0.1) is 0 Å². The van der Waals surface area contributed by atoms with Gasteiger partial charge in [-0.2, -0.15) is 9.40 Å². The van der Waals surface area contributed by atoms with Crippen molar-refractivity contribution in [2.45, 2.75) is 25.7 Å². The molecule has 1 aliphatic rings. The molecule has 6 nitrogen and oxygen atoms in total. The lowest BCUT2D eigenvalue weighted by Crippen LogP contribution is -2.48. The van der Waals surface area contributed by atoms with E-state index in [-0.39, 0.29) is 0 Å². The number of sulfonamides is 1. The molecule has 130 valence electrons. The lowest BCUT2D eigenvalue weighted by atomic mass is 10.2. The van der Waals surface area contributed by atoms with Crippen molar-refractivity contribution < 1.29 is 8.42 Å². The molecule has 2 heterocycles. The summed E-state index contributed by atoms with van der Waals surface area (Å²) in [5, 5.41) is 4.24. The van der Waals surface area contributed by atoms with Gasteiger partial charge in [-0.05, 0) is 38.5 Å². The fourth-order valence-electron chi connectivity index (χ4n) is 3.27. The van der Waals surface area contributed by atoms with Gasteiger partial charge in [-0.1, -0.05) is 12.1 Å². The minimum atomic E-state index is -3.49. The smallest absolute Gasteiger partial charge is 0.246 e. The van der Waals surface area contributed by atoms with Crippen molar-refractivity contribution in [3.63, 3.8) is 0 Å². The molecule has 0 spiro atoms. The Bertz CT molecular complexity index is 849. The lowest BCUT2D eigenvalue weighted by molar-refractivity contribution is 0.384. The normalized spacial score (nSPS) is 16.6. The monoisotopic (exact) mass is 348 g/mol. The highest BCUT2D eigenvalue weighted by Gasteiger charge is 2.32. The van der Waals surface area contributed by atoms with E-state index in [1.54, 1.807) is 29.9 Å². The van der Waals surface area contributed by atoms with Gasteiger partial charge in [0.05, 0.1) is 11.4 Å². The Morgan fingerprint density at radius 2 is 1.71 bits per heavy atom. The number of aromatic nitrogens is 2. The molecular formula is C17H24N4O2S. The SMILES string of the molecule is Cc1cccc(N2CCN(S(=O)(=O)c3c(C)nn(C)c3C)CC2)c1. The second-order valence-corrected chi connectivity index (χ2v) is 8.23. The van der Waals surface area contributed by atoms with Gasteiger partial charge in [0.25, 0.3) is 0 Å². The molecule has 1 aromatic heterocycles. The van der Waals surface area contributed by atoms with Crippen LogP contribution in [0.4, 0.5) is 5.69 Å². The van der Waals surface area contributed by atoms with E-state index in [0.717, 1.165) is 5.69 Å². The van der Waals surface area contributed by atoms with Gasteiger partial charge in [-0.3, -0.25) is 4.68 Å². The summed E-state index contributed by atoms with van der Waals surface area (Å²) in [7, 11) is -1.72. The van der Waals surface area contributed by atoms with Crippen LogP contribution >= 0.6 is 0 Å². The van der Waals surface area contributed by atoms with Crippen LogP contribution in [0.15, 0.2) is 29.2 Å². The molecule has 0 atom stereocenters. The number of hydrogen-bond donors (Lipinski definition) is 0. The summed E-state index contributed by atoms with van der Waals surface area (Å²) in [4.78, 5) is 2.59. The van der Waals surface area contributed by atoms with Crippen LogP contribution in [0, 0.1) is 20.8 Å². The van der Waals surface area contributed by atoms with Crippen LogP contribution in [0.25, 0.3) is 0 Å². The lowest BCUT2D eigenvalue weighted by Gasteiger charge is -2.35. The van der Waals surface area contributed by atoms with E-state index in [9.17, 15) is 8.42 Å². The van der Waals surface area contributed by atoms with Crippen LogP contribution in [0.1, 0.15) is 17.0 Å². The average Bonchev–Trinajstić information content (AvgIpc) is 2.80. The maximum absolute atomic E-state index is 13.0. The summed E-state index contributed by atoms with van der Waals surface area (Å²) >= 11 is 0. The number of rotatable bonds is 3. The first-order chi connectivity index (χ1) is 11.3. The number of anilines is 1. The summed E-state index contributed by atoms with van der Waals surface area (Å²) in [6.45, 7) is 7.99. The summed E-state index contributed by atoms with van der Waals surface area (Å²) in [5.74, 6) is 0. The summed E-state index contributed by atoms with van der Waals surface area (Å²) in [5.41, 5.74) is 3.62. The fourth-order valence-corrected chi connectivity index (χ4v) is 5.09. The molecule has 0 unspecified atom stereocenters. The Morgan fingerprint density at radius 3 is 2.25 bits per heavy atom. The summed E-state index contributed by atoms with van der Waals surface area (Å²) < 4.78 is 29.2. The maximum Gasteiger partial charge on any atom is 0.246 e. The fraction of sp³-hybridized carbons (Fsp3) is 0.471. The average molecular weight is 348 g/mol. The van der Waals surface area contributed by atoms with Crippen molar-refractivity contribution in [1.29, 1.82) is 0 Å². The highest BCUT2D eigenvalue weighted by molar-refractivity contribution is 7.89. The Balaban J connectivity index is 1.79. The number of nitrogens with zero attached hydrogens (tertiary/aromatic N) is 4. The predicted octanol–water partition coefficient (Wildman–Crippen LogP) is 1.86. The number of piperazine rings is 1. The largest absolute Gasteiger partial charge is 0.369 e. The zero-order valence-electron chi connectivity index (χ0n) is 14.7. The molecule has 0 N–H and O–H groups in total. The summed E-state index contributed by atoms with van der Waals surface area (Å²) in [6.07, 6.45) is 0. The van der Waals surface area contributed by atoms with E-state index < -0.39 is 10.0 Å². The van der Waals surface area contributed by atoms with Crippen LogP contribution in [0.2, 0.25) is 0 Å². The highest BCUT2D eigenvalue weighted by Crippen LogP contribution is 2.25. The van der Waals surface area contributed by atoms with Crippen LogP contribution in [-0.4, -0.2) is 48.7 Å². The third-order valence-corrected chi connectivity index (χ3v) is 6.80. The Kier molecular flexibility index (Phi) is 4.40. The molecule has 1 aliphatic heterocycles. The molecule has 1 saturated heterocycles. The topological polar surface area (TPSA) is 58.4 Å². The molecule has 0 amide bonds. The number of benzene rings is 1. The van der Waals surface area contributed by atoms with Crippen molar-refractivity contribution in [3.8, 4) is 0 Å². The van der Waals surface area contributed by atoms with Crippen LogP contribution < -0.4 is 4.90 Å². The molecule has 1 aromatic carbocycles. The Hall–Kier alpha value is -1.86. The third kappa shape index (κ3) is 2.93. The number of hydrogen-bond acceptors (Lipinski definition) is 4. The van der Waals surface area contributed by atoms with Crippen molar-refractivity contribution in [1.82, 2.24) is 14.1 Å². The molecule has 7 heteroatoms. The molecule has 0 bridgehead atoms. The molecule has 24 heavy (non-hydrogen) atoms. The van der Waals surface area contributed by atoms with Gasteiger partial charge in [-0.25, -0.2) is 8.42 Å². The zero-order chi connectivity index (χ0) is 17.5. The van der Waals surface area contributed by atoms with E-state index in [1.165, 1.54) is 5.56 Å².